The topological polar surface area (TPSA) is 58.6 Å². The lowest BCUT2D eigenvalue weighted by Crippen LogP contribution is -2.38. The van der Waals surface area contributed by atoms with Crippen LogP contribution in [0.1, 0.15) is 50.5 Å². The van der Waals surface area contributed by atoms with Gasteiger partial charge >= 0.3 is 0 Å². The summed E-state index contributed by atoms with van der Waals surface area (Å²) in [6, 6.07) is 5.34. The Morgan fingerprint density at radius 3 is 2.68 bits per heavy atom. The van der Waals surface area contributed by atoms with E-state index in [1.165, 1.54) is 39.2 Å². The molecular formula is C21H29NO3. The largest absolute Gasteiger partial charge is 0.504 e. The maximum absolute atomic E-state index is 12.3. The molecule has 0 aromatic heterocycles. The lowest BCUT2D eigenvalue weighted by molar-refractivity contribution is -0.121. The Hall–Kier alpha value is -1.97. The predicted molar refractivity (Wildman–Crippen MR) is 98.7 cm³/mol. The Balaban J connectivity index is 1.40. The molecule has 2 fully saturated rings. The van der Waals surface area contributed by atoms with Gasteiger partial charge in [-0.3, -0.25) is 4.79 Å². The van der Waals surface area contributed by atoms with Crippen molar-refractivity contribution in [2.45, 2.75) is 57.4 Å². The van der Waals surface area contributed by atoms with Crippen LogP contribution in [0.2, 0.25) is 0 Å². The van der Waals surface area contributed by atoms with Crippen LogP contribution < -0.4 is 10.1 Å². The van der Waals surface area contributed by atoms with Gasteiger partial charge in [0.05, 0.1) is 13.5 Å². The number of carbonyl (C=O) groups is 1. The van der Waals surface area contributed by atoms with Gasteiger partial charge in [0.1, 0.15) is 0 Å². The molecule has 2 saturated carbocycles. The fraction of sp³-hybridized carbons (Fsp3) is 0.571. The molecule has 0 bridgehead atoms. The highest BCUT2D eigenvalue weighted by Gasteiger charge is 2.22. The number of amides is 1. The van der Waals surface area contributed by atoms with E-state index in [0.717, 1.165) is 24.3 Å². The van der Waals surface area contributed by atoms with Gasteiger partial charge in [-0.2, -0.15) is 0 Å². The van der Waals surface area contributed by atoms with Crippen LogP contribution in [0.3, 0.4) is 0 Å². The van der Waals surface area contributed by atoms with E-state index in [1.54, 1.807) is 18.2 Å². The minimum atomic E-state index is 0.0421. The smallest absolute Gasteiger partial charge is 0.224 e. The zero-order chi connectivity index (χ0) is 17.6. The van der Waals surface area contributed by atoms with Crippen LogP contribution in [-0.2, 0) is 11.2 Å². The van der Waals surface area contributed by atoms with Crippen LogP contribution in [-0.4, -0.2) is 24.2 Å². The van der Waals surface area contributed by atoms with Gasteiger partial charge in [-0.15, -0.1) is 0 Å². The molecule has 1 aromatic carbocycles. The Morgan fingerprint density at radius 2 is 2.00 bits per heavy atom. The second-order valence-corrected chi connectivity index (χ2v) is 7.47. The van der Waals surface area contributed by atoms with Crippen molar-refractivity contribution in [1.29, 1.82) is 0 Å². The van der Waals surface area contributed by atoms with E-state index < -0.39 is 0 Å². The molecule has 0 radical (unpaired) electrons. The quantitative estimate of drug-likeness (QED) is 0.736. The van der Waals surface area contributed by atoms with E-state index in [2.05, 4.69) is 17.5 Å². The highest BCUT2D eigenvalue weighted by Crippen LogP contribution is 2.33. The van der Waals surface area contributed by atoms with Gasteiger partial charge in [-0.05, 0) is 74.5 Å². The lowest BCUT2D eigenvalue weighted by Gasteiger charge is -2.27. The van der Waals surface area contributed by atoms with Crippen molar-refractivity contribution < 1.29 is 14.6 Å². The van der Waals surface area contributed by atoms with Crippen molar-refractivity contribution in [3.8, 4) is 11.5 Å². The highest BCUT2D eigenvalue weighted by molar-refractivity contribution is 5.79. The van der Waals surface area contributed by atoms with Crippen molar-refractivity contribution in [2.24, 2.45) is 11.8 Å². The zero-order valence-corrected chi connectivity index (χ0v) is 15.0. The predicted octanol–water partition coefficient (Wildman–Crippen LogP) is 3.97. The number of phenols is 1. The summed E-state index contributed by atoms with van der Waals surface area (Å²) < 4.78 is 5.09. The maximum atomic E-state index is 12.3. The Kier molecular flexibility index (Phi) is 6.00. The average molecular weight is 343 g/mol. The van der Waals surface area contributed by atoms with Crippen molar-refractivity contribution in [1.82, 2.24) is 5.32 Å². The summed E-state index contributed by atoms with van der Waals surface area (Å²) in [5.41, 5.74) is 0.851. The van der Waals surface area contributed by atoms with Crippen LogP contribution in [0.5, 0.6) is 11.5 Å². The molecule has 25 heavy (non-hydrogen) atoms. The van der Waals surface area contributed by atoms with E-state index in [4.69, 9.17) is 4.74 Å². The molecule has 2 aliphatic carbocycles. The Bertz CT molecular complexity index is 614. The SMILES string of the molecule is COc1cc(CC(=O)NC2CCC(/C=C/CC3CC3)CC2)ccc1O. The summed E-state index contributed by atoms with van der Waals surface area (Å²) in [5, 5.41) is 12.8. The standard InChI is InChI=1S/C21H29NO3/c1-25-20-13-17(9-12-19(20)23)14-21(24)22-18-10-7-16(8-11-18)4-2-3-15-5-6-15/h2,4,9,12-13,15-16,18,23H,3,5-8,10-11,14H2,1H3,(H,22,24)/b4-2+. The second kappa shape index (κ2) is 8.41. The van der Waals surface area contributed by atoms with Gasteiger partial charge in [0, 0.05) is 6.04 Å². The summed E-state index contributed by atoms with van der Waals surface area (Å²) in [6.45, 7) is 0. The molecule has 0 heterocycles. The lowest BCUT2D eigenvalue weighted by atomic mass is 9.85. The summed E-state index contributed by atoms with van der Waals surface area (Å²) >= 11 is 0. The van der Waals surface area contributed by atoms with E-state index >= 15 is 0 Å². The minimum absolute atomic E-state index is 0.0421. The summed E-state index contributed by atoms with van der Waals surface area (Å²) in [6.07, 6.45) is 13.6. The van der Waals surface area contributed by atoms with Crippen LogP contribution in [0.15, 0.2) is 30.4 Å². The number of allylic oxidation sites excluding steroid dienone is 2. The van der Waals surface area contributed by atoms with E-state index in [0.29, 0.717) is 24.1 Å². The van der Waals surface area contributed by atoms with Crippen LogP contribution in [0, 0.1) is 11.8 Å². The number of hydrogen-bond donors (Lipinski definition) is 2. The fourth-order valence-corrected chi connectivity index (χ4v) is 3.57. The van der Waals surface area contributed by atoms with Gasteiger partial charge < -0.3 is 15.2 Å². The zero-order valence-electron chi connectivity index (χ0n) is 15.0. The fourth-order valence-electron chi connectivity index (χ4n) is 3.57. The molecule has 0 aliphatic heterocycles. The van der Waals surface area contributed by atoms with E-state index in [9.17, 15) is 9.90 Å². The third-order valence-corrected chi connectivity index (χ3v) is 5.32. The first-order chi connectivity index (χ1) is 12.1. The minimum Gasteiger partial charge on any atom is -0.504 e. The molecule has 0 saturated heterocycles. The molecule has 1 amide bonds. The summed E-state index contributed by atoms with van der Waals surface area (Å²) in [7, 11) is 1.51. The summed E-state index contributed by atoms with van der Waals surface area (Å²) in [5.74, 6) is 2.20. The molecule has 0 atom stereocenters. The Labute approximate surface area is 150 Å². The normalized spacial score (nSPS) is 23.6. The molecule has 0 spiro atoms. The number of nitrogens with one attached hydrogen (secondary N) is 1. The van der Waals surface area contributed by atoms with Crippen LogP contribution >= 0.6 is 0 Å². The summed E-state index contributed by atoms with van der Waals surface area (Å²) in [4.78, 5) is 12.3. The maximum Gasteiger partial charge on any atom is 0.224 e. The molecule has 0 unspecified atom stereocenters. The molecule has 2 N–H and O–H groups in total. The number of hydrogen-bond acceptors (Lipinski definition) is 3. The molecule has 136 valence electrons. The van der Waals surface area contributed by atoms with Crippen molar-refractivity contribution in [3.05, 3.63) is 35.9 Å². The van der Waals surface area contributed by atoms with Crippen molar-refractivity contribution in [2.75, 3.05) is 7.11 Å². The molecule has 4 heteroatoms. The molecule has 3 rings (SSSR count). The van der Waals surface area contributed by atoms with Gasteiger partial charge in [-0.25, -0.2) is 0 Å². The number of rotatable bonds is 7. The molecule has 2 aliphatic rings. The first kappa shape index (κ1) is 17.8. The van der Waals surface area contributed by atoms with Gasteiger partial charge in [0.2, 0.25) is 5.91 Å². The number of aromatic hydroxyl groups is 1. The molecule has 1 aromatic rings. The average Bonchev–Trinajstić information content (AvgIpc) is 3.42. The van der Waals surface area contributed by atoms with Crippen molar-refractivity contribution >= 4 is 5.91 Å². The third kappa shape index (κ3) is 5.52. The van der Waals surface area contributed by atoms with Gasteiger partial charge in [0.25, 0.3) is 0 Å². The van der Waals surface area contributed by atoms with E-state index in [1.807, 2.05) is 0 Å². The first-order valence-corrected chi connectivity index (χ1v) is 9.46. The number of ether oxygens (including phenoxy) is 1. The van der Waals surface area contributed by atoms with Crippen molar-refractivity contribution in [3.63, 3.8) is 0 Å². The van der Waals surface area contributed by atoms with Crippen LogP contribution in [0.4, 0.5) is 0 Å². The third-order valence-electron chi connectivity index (χ3n) is 5.32. The van der Waals surface area contributed by atoms with Gasteiger partial charge in [0.15, 0.2) is 11.5 Å². The molecule has 4 nitrogen and oxygen atoms in total. The highest BCUT2D eigenvalue weighted by atomic mass is 16.5. The molecular weight excluding hydrogens is 314 g/mol. The van der Waals surface area contributed by atoms with E-state index in [-0.39, 0.29) is 11.7 Å². The second-order valence-electron chi connectivity index (χ2n) is 7.47. The first-order valence-electron chi connectivity index (χ1n) is 9.46. The Morgan fingerprint density at radius 1 is 1.24 bits per heavy atom. The van der Waals surface area contributed by atoms with Gasteiger partial charge in [-0.1, -0.05) is 18.2 Å². The number of carbonyl (C=O) groups excluding carboxylic acids is 1. The number of methoxy groups -OCH3 is 1. The number of benzene rings is 1. The van der Waals surface area contributed by atoms with Crippen LogP contribution in [0.25, 0.3) is 0 Å². The number of phenolic OH excluding ortho intramolecular Hbond substituents is 1. The monoisotopic (exact) mass is 343 g/mol.